The molecule has 3 aliphatic carbocycles. The van der Waals surface area contributed by atoms with Crippen LogP contribution in [0.15, 0.2) is 60.2 Å². The smallest absolute Gasteiger partial charge is 0.211 e. The van der Waals surface area contributed by atoms with Crippen molar-refractivity contribution < 1.29 is 23.4 Å². The van der Waals surface area contributed by atoms with E-state index in [1.165, 1.54) is 16.1 Å². The third-order valence-electron chi connectivity index (χ3n) is 9.33. The molecule has 5 rings (SSSR count). The minimum Gasteiger partial charge on any atom is -0.393 e. The van der Waals surface area contributed by atoms with Crippen molar-refractivity contribution in [2.75, 3.05) is 19.3 Å². The van der Waals surface area contributed by atoms with E-state index in [1.54, 1.807) is 0 Å². The molecule has 3 aliphatic rings. The molecule has 0 spiro atoms. The monoisotopic (exact) mass is 567 g/mol. The number of aliphatic hydroxyl groups is 2. The van der Waals surface area contributed by atoms with Crippen LogP contribution in [-0.4, -0.2) is 59.8 Å². The van der Waals surface area contributed by atoms with Crippen LogP contribution < -0.4 is 0 Å². The third kappa shape index (κ3) is 6.43. The first-order valence-electron chi connectivity index (χ1n) is 14.6. The summed E-state index contributed by atoms with van der Waals surface area (Å²) >= 11 is 0. The van der Waals surface area contributed by atoms with Crippen LogP contribution in [0.4, 0.5) is 0 Å². The van der Waals surface area contributed by atoms with Crippen LogP contribution in [0.3, 0.4) is 0 Å². The van der Waals surface area contributed by atoms with Crippen molar-refractivity contribution in [3.8, 4) is 0 Å². The lowest BCUT2D eigenvalue weighted by atomic mass is 9.64. The van der Waals surface area contributed by atoms with E-state index in [0.29, 0.717) is 56.2 Å². The highest BCUT2D eigenvalue weighted by molar-refractivity contribution is 7.88. The molecule has 2 N–H and O–H groups in total. The Balaban J connectivity index is 1.86. The van der Waals surface area contributed by atoms with E-state index in [-0.39, 0.29) is 18.2 Å². The van der Waals surface area contributed by atoms with Gasteiger partial charge < -0.3 is 10.2 Å². The summed E-state index contributed by atoms with van der Waals surface area (Å²) in [6.07, 6.45) is 7.92. The van der Waals surface area contributed by atoms with Gasteiger partial charge in [-0.15, -0.1) is 0 Å². The zero-order valence-electron chi connectivity index (χ0n) is 24.4. The number of fused-ring (bicyclic) bond motifs is 8. The number of aliphatic hydroxyl groups excluding tert-OH is 1. The SMILES string of the molecule is CCCN(CC1(O)CCC2c3ccc(cc3C(=O)c3ccccc3)CC(O)CCC(C)=CCCC21C)S(C)(=O)=O. The standard InChI is InChI=1S/C33H45NO5S/c1-5-20-34(40(4,38)39)23-33(37)19-17-30-28-16-14-25(22-29(28)31(36)26-11-7-6-8-12-26)21-27(35)15-13-24(2)10-9-18-32(30,33)3/h6-8,10-12,14,16,22,27,30,35,37H,5,9,13,15,17-21,23H2,1-4H3. The number of benzene rings is 2. The van der Waals surface area contributed by atoms with Gasteiger partial charge in [-0.3, -0.25) is 4.79 Å². The molecule has 0 amide bonds. The normalized spacial score (nSPS) is 27.7. The molecule has 6 nitrogen and oxygen atoms in total. The highest BCUT2D eigenvalue weighted by Gasteiger charge is 2.57. The molecular formula is C33H45NO5S. The van der Waals surface area contributed by atoms with Crippen LogP contribution in [-0.2, 0) is 16.4 Å². The molecule has 1 saturated carbocycles. The van der Waals surface area contributed by atoms with E-state index in [0.717, 1.165) is 24.0 Å². The van der Waals surface area contributed by atoms with Crippen molar-refractivity contribution in [2.45, 2.75) is 89.8 Å². The molecule has 0 aromatic heterocycles. The zero-order chi connectivity index (χ0) is 29.1. The van der Waals surface area contributed by atoms with Crippen molar-refractivity contribution in [1.29, 1.82) is 0 Å². The van der Waals surface area contributed by atoms with Gasteiger partial charge in [-0.25, -0.2) is 8.42 Å². The highest BCUT2D eigenvalue weighted by Crippen LogP contribution is 2.59. The number of nitrogens with zero attached hydrogens (tertiary/aromatic N) is 1. The summed E-state index contributed by atoms with van der Waals surface area (Å²) in [6, 6.07) is 15.2. The maximum absolute atomic E-state index is 13.9. The molecule has 0 heterocycles. The van der Waals surface area contributed by atoms with Crippen LogP contribution in [0.1, 0.15) is 98.7 Å². The second-order valence-corrected chi connectivity index (χ2v) is 14.2. The van der Waals surface area contributed by atoms with Gasteiger partial charge in [0.25, 0.3) is 0 Å². The first-order chi connectivity index (χ1) is 18.9. The van der Waals surface area contributed by atoms with E-state index in [1.807, 2.05) is 55.5 Å². The highest BCUT2D eigenvalue weighted by atomic mass is 32.2. The second kappa shape index (κ2) is 12.3. The van der Waals surface area contributed by atoms with Gasteiger partial charge in [-0.2, -0.15) is 4.31 Å². The van der Waals surface area contributed by atoms with Crippen LogP contribution >= 0.6 is 0 Å². The Kier molecular flexibility index (Phi) is 9.40. The lowest BCUT2D eigenvalue weighted by molar-refractivity contribution is -0.0723. The summed E-state index contributed by atoms with van der Waals surface area (Å²) in [5.74, 6) is -0.213. The van der Waals surface area contributed by atoms with Gasteiger partial charge in [-0.1, -0.05) is 68.0 Å². The molecule has 7 heteroatoms. The Morgan fingerprint density at radius 2 is 1.82 bits per heavy atom. The molecule has 2 aromatic rings. The van der Waals surface area contributed by atoms with Gasteiger partial charge in [0, 0.05) is 29.6 Å². The van der Waals surface area contributed by atoms with Gasteiger partial charge in [0.15, 0.2) is 5.78 Å². The topological polar surface area (TPSA) is 94.9 Å². The molecule has 40 heavy (non-hydrogen) atoms. The summed E-state index contributed by atoms with van der Waals surface area (Å²) in [5, 5.41) is 23.1. The second-order valence-electron chi connectivity index (χ2n) is 12.2. The molecule has 2 aromatic carbocycles. The number of ketones is 1. The van der Waals surface area contributed by atoms with Crippen molar-refractivity contribution >= 4 is 15.8 Å². The molecule has 218 valence electrons. The third-order valence-corrected chi connectivity index (χ3v) is 10.6. The first-order valence-corrected chi connectivity index (χ1v) is 16.5. The average molecular weight is 568 g/mol. The summed E-state index contributed by atoms with van der Waals surface area (Å²) in [4.78, 5) is 13.9. The average Bonchev–Trinajstić information content (AvgIpc) is 3.16. The molecule has 4 unspecified atom stereocenters. The number of carbonyl (C=O) groups excluding carboxylic acids is 1. The molecule has 0 aliphatic heterocycles. The lowest BCUT2D eigenvalue weighted by Crippen LogP contribution is -2.53. The minimum absolute atomic E-state index is 0.0433. The number of hydrogen-bond donors (Lipinski definition) is 2. The Morgan fingerprint density at radius 1 is 1.10 bits per heavy atom. The molecule has 0 radical (unpaired) electrons. The Labute approximate surface area is 240 Å². The Hall–Kier alpha value is -2.32. The van der Waals surface area contributed by atoms with Crippen LogP contribution in [0.2, 0.25) is 0 Å². The number of sulfonamides is 1. The Morgan fingerprint density at radius 3 is 2.50 bits per heavy atom. The summed E-state index contributed by atoms with van der Waals surface area (Å²) in [5.41, 5.74) is 2.29. The number of rotatable bonds is 7. The molecule has 0 saturated heterocycles. The number of allylic oxidation sites excluding steroid dienone is 2. The molecule has 4 atom stereocenters. The lowest BCUT2D eigenvalue weighted by Gasteiger charge is -2.45. The van der Waals surface area contributed by atoms with Crippen LogP contribution in [0.5, 0.6) is 0 Å². The zero-order valence-corrected chi connectivity index (χ0v) is 25.2. The van der Waals surface area contributed by atoms with E-state index >= 15 is 0 Å². The predicted octanol–water partition coefficient (Wildman–Crippen LogP) is 5.63. The van der Waals surface area contributed by atoms with E-state index in [4.69, 9.17) is 0 Å². The fourth-order valence-corrected chi connectivity index (χ4v) is 7.81. The summed E-state index contributed by atoms with van der Waals surface area (Å²) < 4.78 is 26.8. The van der Waals surface area contributed by atoms with Crippen molar-refractivity contribution in [2.24, 2.45) is 5.41 Å². The molecule has 2 bridgehead atoms. The van der Waals surface area contributed by atoms with E-state index < -0.39 is 27.1 Å². The van der Waals surface area contributed by atoms with Gasteiger partial charge >= 0.3 is 0 Å². The largest absolute Gasteiger partial charge is 0.393 e. The summed E-state index contributed by atoms with van der Waals surface area (Å²) in [7, 11) is -3.50. The quantitative estimate of drug-likeness (QED) is 0.334. The van der Waals surface area contributed by atoms with Gasteiger partial charge in [0.05, 0.1) is 18.0 Å². The first kappa shape index (κ1) is 30.6. The van der Waals surface area contributed by atoms with E-state index in [9.17, 15) is 23.4 Å². The number of carbonyl (C=O) groups is 1. The van der Waals surface area contributed by atoms with Crippen molar-refractivity contribution in [3.63, 3.8) is 0 Å². The van der Waals surface area contributed by atoms with Gasteiger partial charge in [-0.05, 0) is 81.4 Å². The molecular weight excluding hydrogens is 522 g/mol. The van der Waals surface area contributed by atoms with Crippen molar-refractivity contribution in [1.82, 2.24) is 4.31 Å². The Bertz CT molecular complexity index is 1340. The fraction of sp³-hybridized carbons (Fsp3) is 0.545. The minimum atomic E-state index is -3.50. The van der Waals surface area contributed by atoms with Crippen LogP contribution in [0, 0.1) is 5.41 Å². The van der Waals surface area contributed by atoms with E-state index in [2.05, 4.69) is 19.9 Å². The predicted molar refractivity (Wildman–Crippen MR) is 160 cm³/mol. The maximum Gasteiger partial charge on any atom is 0.211 e. The fourth-order valence-electron chi connectivity index (χ4n) is 6.84. The molecule has 1 fully saturated rings. The van der Waals surface area contributed by atoms with Crippen molar-refractivity contribution in [3.05, 3.63) is 82.4 Å². The maximum atomic E-state index is 13.9. The summed E-state index contributed by atoms with van der Waals surface area (Å²) in [6.45, 7) is 6.50. The number of hydrogen-bond acceptors (Lipinski definition) is 5. The van der Waals surface area contributed by atoms with Gasteiger partial charge in [0.2, 0.25) is 10.0 Å². The van der Waals surface area contributed by atoms with Crippen LogP contribution in [0.25, 0.3) is 0 Å². The van der Waals surface area contributed by atoms with Gasteiger partial charge in [0.1, 0.15) is 0 Å².